The molecule has 4 N–H and O–H groups in total. The molecule has 0 saturated carbocycles. The van der Waals surface area contributed by atoms with Crippen LogP contribution in [-0.2, 0) is 14.8 Å². The van der Waals surface area contributed by atoms with Crippen LogP contribution in [0, 0.1) is 0 Å². The second-order valence-electron chi connectivity index (χ2n) is 6.39. The molecule has 0 aromatic heterocycles. The normalized spacial score (nSPS) is 12.2. The second kappa shape index (κ2) is 8.14. The Bertz CT molecular complexity index is 1080. The minimum Gasteiger partial charge on any atom is -0.370 e. The lowest BCUT2D eigenvalue weighted by Gasteiger charge is -2.20. The molecule has 0 saturated heterocycles. The molecule has 7 heteroatoms. The van der Waals surface area contributed by atoms with E-state index in [1.165, 1.54) is 0 Å². The first kappa shape index (κ1) is 19.4. The Morgan fingerprint density at radius 1 is 0.929 bits per heavy atom. The number of hydrogen-bond acceptors (Lipinski definition) is 4. The van der Waals surface area contributed by atoms with Crippen molar-refractivity contribution < 1.29 is 13.2 Å². The zero-order valence-corrected chi connectivity index (χ0v) is 16.1. The topological polar surface area (TPSA) is 101 Å². The van der Waals surface area contributed by atoms with Gasteiger partial charge in [0.1, 0.15) is 6.04 Å². The van der Waals surface area contributed by atoms with E-state index in [1.54, 1.807) is 18.2 Å². The molecule has 3 rings (SSSR count). The van der Waals surface area contributed by atoms with Gasteiger partial charge in [0.25, 0.3) is 0 Å². The number of para-hydroxylation sites is 1. The number of nitrogens with one attached hydrogen (secondary N) is 2. The first-order valence-corrected chi connectivity index (χ1v) is 10.5. The summed E-state index contributed by atoms with van der Waals surface area (Å²) in [6.07, 6.45) is 1.10. The molecule has 0 aliphatic carbocycles. The molecule has 0 heterocycles. The largest absolute Gasteiger partial charge is 0.370 e. The Morgan fingerprint density at radius 3 is 2.29 bits per heavy atom. The van der Waals surface area contributed by atoms with Crippen molar-refractivity contribution in [2.24, 2.45) is 5.73 Å². The Hall–Kier alpha value is -3.32. The van der Waals surface area contributed by atoms with Gasteiger partial charge in [0, 0.05) is 16.9 Å². The van der Waals surface area contributed by atoms with Crippen LogP contribution < -0.4 is 15.8 Å². The van der Waals surface area contributed by atoms with Crippen LogP contribution in [0.1, 0.15) is 11.6 Å². The van der Waals surface area contributed by atoms with Gasteiger partial charge in [-0.1, -0.05) is 60.7 Å². The summed E-state index contributed by atoms with van der Waals surface area (Å²) < 4.78 is 25.5. The number of nitrogens with two attached hydrogens (primary N) is 1. The van der Waals surface area contributed by atoms with Gasteiger partial charge in [-0.25, -0.2) is 8.42 Å². The summed E-state index contributed by atoms with van der Waals surface area (Å²) in [6.45, 7) is 0. The number of carbonyl (C=O) groups is 1. The fourth-order valence-corrected chi connectivity index (χ4v) is 3.50. The minimum absolute atomic E-state index is 0.462. The van der Waals surface area contributed by atoms with Crippen molar-refractivity contribution in [1.29, 1.82) is 0 Å². The van der Waals surface area contributed by atoms with E-state index in [1.807, 2.05) is 60.7 Å². The molecule has 0 bridgehead atoms. The van der Waals surface area contributed by atoms with Crippen molar-refractivity contribution in [2.75, 3.05) is 16.3 Å². The first-order valence-electron chi connectivity index (χ1n) is 8.61. The van der Waals surface area contributed by atoms with Crippen molar-refractivity contribution in [3.8, 4) is 11.1 Å². The maximum Gasteiger partial charge on any atom is 0.244 e. The summed E-state index contributed by atoms with van der Waals surface area (Å²) in [6, 6.07) is 23.1. The summed E-state index contributed by atoms with van der Waals surface area (Å²) >= 11 is 0. The Labute approximate surface area is 164 Å². The summed E-state index contributed by atoms with van der Waals surface area (Å²) in [5.74, 6) is -0.492. The Morgan fingerprint density at radius 2 is 1.61 bits per heavy atom. The summed E-state index contributed by atoms with van der Waals surface area (Å²) in [5.41, 5.74) is 9.18. The van der Waals surface area contributed by atoms with E-state index in [2.05, 4.69) is 10.0 Å². The number of hydrogen-bond donors (Lipinski definition) is 3. The fraction of sp³-hybridized carbons (Fsp3) is 0.0952. The molecule has 0 aliphatic heterocycles. The summed E-state index contributed by atoms with van der Waals surface area (Å²) in [4.78, 5) is 12.0. The van der Waals surface area contributed by atoms with E-state index in [4.69, 9.17) is 5.73 Å². The van der Waals surface area contributed by atoms with E-state index >= 15 is 0 Å². The highest BCUT2D eigenvalue weighted by Gasteiger charge is 2.19. The van der Waals surface area contributed by atoms with Gasteiger partial charge in [0.2, 0.25) is 15.9 Å². The van der Waals surface area contributed by atoms with Gasteiger partial charge in [0.15, 0.2) is 0 Å². The molecule has 6 nitrogen and oxygen atoms in total. The van der Waals surface area contributed by atoms with E-state index in [0.29, 0.717) is 11.4 Å². The number of benzene rings is 3. The highest BCUT2D eigenvalue weighted by atomic mass is 32.2. The van der Waals surface area contributed by atoms with Crippen LogP contribution in [0.2, 0.25) is 0 Å². The van der Waals surface area contributed by atoms with Gasteiger partial charge in [-0.2, -0.15) is 0 Å². The maximum atomic E-state index is 12.0. The molecule has 1 unspecified atom stereocenters. The molecule has 28 heavy (non-hydrogen) atoms. The molecule has 3 aromatic carbocycles. The monoisotopic (exact) mass is 395 g/mol. The number of primary amides is 1. The van der Waals surface area contributed by atoms with Crippen LogP contribution in [0.25, 0.3) is 11.1 Å². The molecule has 0 aliphatic rings. The van der Waals surface area contributed by atoms with Gasteiger partial charge in [-0.3, -0.25) is 9.52 Å². The molecular formula is C21H21N3O3S. The lowest BCUT2D eigenvalue weighted by Crippen LogP contribution is -2.27. The zero-order valence-electron chi connectivity index (χ0n) is 15.3. The predicted octanol–water partition coefficient (Wildman–Crippen LogP) is 3.36. The lowest BCUT2D eigenvalue weighted by molar-refractivity contribution is -0.118. The third kappa shape index (κ3) is 4.89. The third-order valence-corrected chi connectivity index (χ3v) is 4.73. The molecule has 1 atom stereocenters. The molecule has 0 fully saturated rings. The van der Waals surface area contributed by atoms with Crippen molar-refractivity contribution in [1.82, 2.24) is 0 Å². The van der Waals surface area contributed by atoms with Crippen LogP contribution in [-0.4, -0.2) is 20.6 Å². The average molecular weight is 395 g/mol. The van der Waals surface area contributed by atoms with Gasteiger partial charge in [-0.05, 0) is 29.3 Å². The van der Waals surface area contributed by atoms with Gasteiger partial charge in [0.05, 0.1) is 6.26 Å². The molecule has 0 radical (unpaired) electrons. The Balaban J connectivity index is 1.98. The van der Waals surface area contributed by atoms with Crippen LogP contribution in [0.15, 0.2) is 78.9 Å². The molecular weight excluding hydrogens is 374 g/mol. The van der Waals surface area contributed by atoms with E-state index in [9.17, 15) is 13.2 Å². The summed E-state index contributed by atoms with van der Waals surface area (Å²) in [7, 11) is -3.38. The van der Waals surface area contributed by atoms with Crippen LogP contribution in [0.4, 0.5) is 11.4 Å². The zero-order chi connectivity index (χ0) is 20.1. The summed E-state index contributed by atoms with van der Waals surface area (Å²) in [5, 5.41) is 3.22. The van der Waals surface area contributed by atoms with Crippen LogP contribution in [0.5, 0.6) is 0 Å². The smallest absolute Gasteiger partial charge is 0.244 e. The highest BCUT2D eigenvalue weighted by molar-refractivity contribution is 7.92. The predicted molar refractivity (Wildman–Crippen MR) is 112 cm³/mol. The van der Waals surface area contributed by atoms with Crippen molar-refractivity contribution in [3.05, 3.63) is 84.4 Å². The maximum absolute atomic E-state index is 12.0. The quantitative estimate of drug-likeness (QED) is 0.571. The molecule has 0 spiro atoms. The van der Waals surface area contributed by atoms with Crippen LogP contribution in [0.3, 0.4) is 0 Å². The van der Waals surface area contributed by atoms with Gasteiger partial charge >= 0.3 is 0 Å². The van der Waals surface area contributed by atoms with Crippen LogP contribution >= 0.6 is 0 Å². The fourth-order valence-electron chi connectivity index (χ4n) is 2.94. The molecule has 144 valence electrons. The van der Waals surface area contributed by atoms with Crippen molar-refractivity contribution in [3.63, 3.8) is 0 Å². The standard InChI is InChI=1S/C21H21N3O3S/c1-28(26,27)24-17-11-7-10-16(14-17)18-12-5-6-13-19(18)23-20(21(22)25)15-8-3-2-4-9-15/h2-14,20,23-24H,1H3,(H2,22,25). The van der Waals surface area contributed by atoms with E-state index < -0.39 is 22.0 Å². The van der Waals surface area contributed by atoms with Crippen molar-refractivity contribution >= 4 is 27.3 Å². The van der Waals surface area contributed by atoms with Gasteiger partial charge < -0.3 is 11.1 Å². The average Bonchev–Trinajstić information content (AvgIpc) is 2.66. The molecule has 1 amide bonds. The second-order valence-corrected chi connectivity index (χ2v) is 8.14. The Kier molecular flexibility index (Phi) is 5.65. The third-order valence-electron chi connectivity index (χ3n) is 4.12. The number of carbonyl (C=O) groups excluding carboxylic acids is 1. The highest BCUT2D eigenvalue weighted by Crippen LogP contribution is 2.32. The number of anilines is 2. The number of amides is 1. The lowest BCUT2D eigenvalue weighted by atomic mass is 10.0. The van der Waals surface area contributed by atoms with Gasteiger partial charge in [-0.15, -0.1) is 0 Å². The SMILES string of the molecule is CS(=O)(=O)Nc1cccc(-c2ccccc2NC(C(N)=O)c2ccccc2)c1. The van der Waals surface area contributed by atoms with E-state index in [-0.39, 0.29) is 0 Å². The van der Waals surface area contributed by atoms with Crippen molar-refractivity contribution in [2.45, 2.75) is 6.04 Å². The molecule has 3 aromatic rings. The first-order chi connectivity index (χ1) is 13.3. The number of sulfonamides is 1. The number of rotatable bonds is 7. The minimum atomic E-state index is -3.38. The van der Waals surface area contributed by atoms with E-state index in [0.717, 1.165) is 22.9 Å².